The number of nitrogens with zero attached hydrogens (tertiary/aromatic N) is 3. The number of benzene rings is 2. The Balaban J connectivity index is 1.37. The average molecular weight is 541 g/mol. The van der Waals surface area contributed by atoms with Gasteiger partial charge < -0.3 is 9.80 Å². The maximum absolute atomic E-state index is 2.72. The molecule has 3 heterocycles. The lowest BCUT2D eigenvalue weighted by Crippen LogP contribution is -2.37. The molecule has 38 heavy (non-hydrogen) atoms. The molecule has 3 aromatic rings. The molecule has 2 aromatic carbocycles. The lowest BCUT2D eigenvalue weighted by molar-refractivity contribution is -0.665. The highest BCUT2D eigenvalue weighted by Gasteiger charge is 2.29. The van der Waals surface area contributed by atoms with Gasteiger partial charge in [-0.05, 0) is 94.4 Å². The fraction of sp³-hybridized carbons (Fsp3) is 0.364. The van der Waals surface area contributed by atoms with Crippen LogP contribution in [0.15, 0.2) is 93.5 Å². The zero-order chi connectivity index (χ0) is 26.1. The van der Waals surface area contributed by atoms with Gasteiger partial charge in [0.05, 0.1) is 10.7 Å². The Hall–Kier alpha value is -2.76. The zero-order valence-corrected chi connectivity index (χ0v) is 24.5. The monoisotopic (exact) mass is 540 g/mol. The van der Waals surface area contributed by atoms with Crippen molar-refractivity contribution in [2.45, 2.75) is 70.4 Å². The molecule has 0 radical (unpaired) electrons. The molecular weight excluding hydrogens is 503 g/mol. The van der Waals surface area contributed by atoms with Crippen molar-refractivity contribution in [3.63, 3.8) is 0 Å². The number of likely N-dealkylation sites (tertiary alicyclic amines) is 1. The van der Waals surface area contributed by atoms with Crippen LogP contribution in [-0.2, 0) is 6.54 Å². The van der Waals surface area contributed by atoms with Gasteiger partial charge in [0.1, 0.15) is 11.2 Å². The second-order valence-corrected chi connectivity index (χ2v) is 12.5. The van der Waals surface area contributed by atoms with E-state index in [0.29, 0.717) is 6.04 Å². The summed E-state index contributed by atoms with van der Waals surface area (Å²) >= 11 is 3.80. The summed E-state index contributed by atoms with van der Waals surface area (Å²) in [4.78, 5) is 6.53. The topological polar surface area (TPSA) is 10.4 Å². The van der Waals surface area contributed by atoms with Crippen LogP contribution >= 0.6 is 23.1 Å². The van der Waals surface area contributed by atoms with Crippen molar-refractivity contribution in [1.29, 1.82) is 0 Å². The number of para-hydroxylation sites is 2. The number of aromatic nitrogens is 1. The summed E-state index contributed by atoms with van der Waals surface area (Å²) in [6, 6.07) is 18.2. The van der Waals surface area contributed by atoms with Crippen LogP contribution in [0.4, 0.5) is 5.69 Å². The maximum atomic E-state index is 2.72. The molecule has 196 valence electrons. The molecule has 0 bridgehead atoms. The fourth-order valence-corrected chi connectivity index (χ4v) is 8.44. The van der Waals surface area contributed by atoms with Crippen LogP contribution in [0, 0.1) is 0 Å². The molecule has 1 unspecified atom stereocenters. The molecular formula is C33H38N3S2+. The standard InChI is InChI=1S/C33H38N3S2/c1-4-34-27-13-6-8-15-29(27)37-31(34)21-19-25-17-18-26(33(25)36-23-11-10-12-24(36)3)20-22-32-35(5-2)28-14-7-9-16-30(28)38-32/h6-9,13-16,19-22,24H,4-5,10-12,17-18,23H2,1-3H3/q+1. The number of thioether (sulfide) groups is 1. The summed E-state index contributed by atoms with van der Waals surface area (Å²) in [6.45, 7) is 10.1. The number of fused-ring (bicyclic) bond motifs is 2. The minimum absolute atomic E-state index is 0.596. The number of piperidine rings is 1. The average Bonchev–Trinajstić information content (AvgIpc) is 3.63. The first-order chi connectivity index (χ1) is 18.7. The van der Waals surface area contributed by atoms with E-state index in [-0.39, 0.29) is 0 Å². The second kappa shape index (κ2) is 11.2. The normalized spacial score (nSPS) is 22.1. The molecule has 6 rings (SSSR count). The Kier molecular flexibility index (Phi) is 7.49. The first-order valence-corrected chi connectivity index (χ1v) is 15.9. The van der Waals surface area contributed by atoms with Crippen molar-refractivity contribution >= 4 is 45.1 Å². The molecule has 1 aliphatic carbocycles. The van der Waals surface area contributed by atoms with Crippen LogP contribution in [0.1, 0.15) is 57.9 Å². The third-order valence-corrected chi connectivity index (χ3v) is 10.4. The molecule has 1 fully saturated rings. The number of hydrogen-bond donors (Lipinski definition) is 0. The van der Waals surface area contributed by atoms with Crippen molar-refractivity contribution in [1.82, 2.24) is 4.90 Å². The number of thiazole rings is 1. The van der Waals surface area contributed by atoms with Crippen LogP contribution in [0.3, 0.4) is 0 Å². The molecule has 1 atom stereocenters. The number of allylic oxidation sites excluding steroid dienone is 5. The molecule has 1 aromatic heterocycles. The van der Waals surface area contributed by atoms with Gasteiger partial charge in [-0.15, -0.1) is 0 Å². The third-order valence-electron chi connectivity index (χ3n) is 8.12. The van der Waals surface area contributed by atoms with E-state index in [0.717, 1.165) is 25.9 Å². The molecule has 1 saturated heterocycles. The molecule has 3 nitrogen and oxygen atoms in total. The Labute approximate surface area is 235 Å². The Morgan fingerprint density at radius 3 is 2.66 bits per heavy atom. The van der Waals surface area contributed by atoms with Crippen LogP contribution in [0.5, 0.6) is 0 Å². The minimum atomic E-state index is 0.596. The predicted octanol–water partition coefficient (Wildman–Crippen LogP) is 8.54. The summed E-state index contributed by atoms with van der Waals surface area (Å²) < 4.78 is 3.81. The van der Waals surface area contributed by atoms with Crippen LogP contribution < -0.4 is 9.47 Å². The van der Waals surface area contributed by atoms with Gasteiger partial charge in [0, 0.05) is 41.9 Å². The number of anilines is 1. The summed E-state index contributed by atoms with van der Waals surface area (Å²) in [7, 11) is 0. The van der Waals surface area contributed by atoms with Gasteiger partial charge in [-0.3, -0.25) is 0 Å². The van der Waals surface area contributed by atoms with Gasteiger partial charge >= 0.3 is 0 Å². The van der Waals surface area contributed by atoms with Crippen LogP contribution in [0.25, 0.3) is 16.3 Å². The molecule has 0 saturated carbocycles. The highest BCUT2D eigenvalue weighted by molar-refractivity contribution is 8.03. The molecule has 0 amide bonds. The molecule has 0 spiro atoms. The Bertz CT molecular complexity index is 1460. The lowest BCUT2D eigenvalue weighted by Gasteiger charge is -2.37. The first kappa shape index (κ1) is 25.5. The van der Waals surface area contributed by atoms with Crippen LogP contribution in [0.2, 0.25) is 0 Å². The van der Waals surface area contributed by atoms with Crippen molar-refractivity contribution < 1.29 is 4.57 Å². The van der Waals surface area contributed by atoms with Gasteiger partial charge in [-0.2, -0.15) is 4.57 Å². The van der Waals surface area contributed by atoms with Gasteiger partial charge in [0.2, 0.25) is 5.52 Å². The van der Waals surface area contributed by atoms with E-state index in [1.807, 2.05) is 23.1 Å². The molecule has 2 aliphatic heterocycles. The lowest BCUT2D eigenvalue weighted by atomic mass is 10.0. The number of hydrogen-bond acceptors (Lipinski definition) is 4. The minimum Gasteiger partial charge on any atom is -0.368 e. The highest BCUT2D eigenvalue weighted by atomic mass is 32.2. The molecule has 5 heteroatoms. The number of rotatable bonds is 6. The van der Waals surface area contributed by atoms with Crippen molar-refractivity contribution in [2.24, 2.45) is 0 Å². The summed E-state index contributed by atoms with van der Waals surface area (Å²) in [5.41, 5.74) is 7.18. The molecule has 0 N–H and O–H groups in total. The third kappa shape index (κ3) is 4.76. The quantitative estimate of drug-likeness (QED) is 0.290. The predicted molar refractivity (Wildman–Crippen MR) is 164 cm³/mol. The van der Waals surface area contributed by atoms with E-state index < -0.39 is 0 Å². The van der Waals surface area contributed by atoms with Gasteiger partial charge in [-0.1, -0.05) is 53.4 Å². The fourth-order valence-electron chi connectivity index (χ4n) is 6.19. The van der Waals surface area contributed by atoms with Crippen molar-refractivity contribution in [3.05, 3.63) is 93.6 Å². The van der Waals surface area contributed by atoms with E-state index in [1.54, 1.807) is 0 Å². The Morgan fingerprint density at radius 1 is 0.974 bits per heavy atom. The zero-order valence-electron chi connectivity index (χ0n) is 22.8. The van der Waals surface area contributed by atoms with Gasteiger partial charge in [0.15, 0.2) is 0 Å². The van der Waals surface area contributed by atoms with E-state index in [2.05, 4.69) is 108 Å². The van der Waals surface area contributed by atoms with Crippen molar-refractivity contribution in [3.8, 4) is 0 Å². The summed E-state index contributed by atoms with van der Waals surface area (Å²) in [5.74, 6) is 0. The summed E-state index contributed by atoms with van der Waals surface area (Å²) in [6.07, 6.45) is 15.8. The van der Waals surface area contributed by atoms with Gasteiger partial charge in [-0.25, -0.2) is 0 Å². The van der Waals surface area contributed by atoms with Crippen LogP contribution in [-0.4, -0.2) is 24.0 Å². The summed E-state index contributed by atoms with van der Waals surface area (Å²) in [5, 5.41) is 2.68. The maximum Gasteiger partial charge on any atom is 0.262 e. The SMILES string of the molecule is CCN1C(=CC=C2CCC(C=Cc3sc4ccccc4[n+]3CC)=C2N2CCCCC2C)Sc2ccccc21. The van der Waals surface area contributed by atoms with E-state index in [9.17, 15) is 0 Å². The van der Waals surface area contributed by atoms with E-state index >= 15 is 0 Å². The molecule has 3 aliphatic rings. The number of aryl methyl sites for hydroxylation is 1. The largest absolute Gasteiger partial charge is 0.368 e. The van der Waals surface area contributed by atoms with E-state index in [1.165, 1.54) is 73.5 Å². The van der Waals surface area contributed by atoms with Crippen molar-refractivity contribution in [2.75, 3.05) is 18.0 Å². The Morgan fingerprint density at radius 2 is 1.82 bits per heavy atom. The second-order valence-electron chi connectivity index (χ2n) is 10.4. The highest BCUT2D eigenvalue weighted by Crippen LogP contribution is 2.46. The van der Waals surface area contributed by atoms with E-state index in [4.69, 9.17) is 0 Å². The first-order valence-electron chi connectivity index (χ1n) is 14.2. The smallest absolute Gasteiger partial charge is 0.262 e. The van der Waals surface area contributed by atoms with Gasteiger partial charge in [0.25, 0.3) is 5.01 Å².